The maximum Gasteiger partial charge on any atom is 0.123 e. The Morgan fingerprint density at radius 2 is 1.92 bits per heavy atom. The number of hydrogen-bond acceptors (Lipinski definition) is 4. The van der Waals surface area contributed by atoms with Crippen LogP contribution in [0, 0.1) is 5.82 Å². The number of methoxy groups -OCH3 is 2. The Kier molecular flexibility index (Phi) is 8.08. The molecule has 0 spiro atoms. The standard InChI is InChI=1S/C19H27FN2O3/c1-24-11-10-21(14-19(23)15-25-2)13-18-4-3-9-22(18)12-16-5-7-17(20)8-6-16/h3-9,19,23H,10-15H2,1-2H3. The number of rotatable bonds is 11. The SMILES string of the molecule is COCCN(Cc1cccn1Cc1ccc(F)cc1)CC(O)COC. The molecule has 0 radical (unpaired) electrons. The highest BCUT2D eigenvalue weighted by molar-refractivity contribution is 5.18. The van der Waals surface area contributed by atoms with Crippen LogP contribution in [0.5, 0.6) is 0 Å². The van der Waals surface area contributed by atoms with Crippen LogP contribution < -0.4 is 0 Å². The molecule has 1 aromatic carbocycles. The molecule has 6 heteroatoms. The first-order valence-electron chi connectivity index (χ1n) is 8.39. The van der Waals surface area contributed by atoms with Gasteiger partial charge in [0.25, 0.3) is 0 Å². The van der Waals surface area contributed by atoms with Crippen molar-refractivity contribution in [3.8, 4) is 0 Å². The van der Waals surface area contributed by atoms with Crippen LogP contribution in [0.15, 0.2) is 42.6 Å². The van der Waals surface area contributed by atoms with Crippen molar-refractivity contribution in [1.82, 2.24) is 9.47 Å². The van der Waals surface area contributed by atoms with Crippen molar-refractivity contribution < 1.29 is 19.0 Å². The van der Waals surface area contributed by atoms with Gasteiger partial charge in [-0.15, -0.1) is 0 Å². The summed E-state index contributed by atoms with van der Waals surface area (Å²) in [6, 6.07) is 10.6. The fraction of sp³-hybridized carbons (Fsp3) is 0.474. The number of hydrogen-bond donors (Lipinski definition) is 1. The lowest BCUT2D eigenvalue weighted by atomic mass is 10.2. The van der Waals surface area contributed by atoms with Crippen molar-refractivity contribution in [2.24, 2.45) is 0 Å². The minimum atomic E-state index is -0.539. The molecule has 138 valence electrons. The molecule has 0 aliphatic heterocycles. The summed E-state index contributed by atoms with van der Waals surface area (Å²) in [7, 11) is 3.25. The Morgan fingerprint density at radius 3 is 2.60 bits per heavy atom. The van der Waals surface area contributed by atoms with E-state index in [1.807, 2.05) is 12.3 Å². The lowest BCUT2D eigenvalue weighted by Gasteiger charge is -2.25. The van der Waals surface area contributed by atoms with Crippen molar-refractivity contribution in [1.29, 1.82) is 0 Å². The van der Waals surface area contributed by atoms with E-state index in [-0.39, 0.29) is 5.82 Å². The third kappa shape index (κ3) is 6.59. The average Bonchev–Trinajstić information content (AvgIpc) is 3.02. The summed E-state index contributed by atoms with van der Waals surface area (Å²) in [6.07, 6.45) is 1.47. The van der Waals surface area contributed by atoms with Crippen molar-refractivity contribution in [3.63, 3.8) is 0 Å². The molecule has 1 atom stereocenters. The summed E-state index contributed by atoms with van der Waals surface area (Å²) in [6.45, 7) is 3.51. The third-order valence-corrected chi connectivity index (χ3v) is 4.01. The fourth-order valence-electron chi connectivity index (χ4n) is 2.76. The Balaban J connectivity index is 2.03. The van der Waals surface area contributed by atoms with Gasteiger partial charge in [-0.3, -0.25) is 4.90 Å². The van der Waals surface area contributed by atoms with E-state index < -0.39 is 6.10 Å². The number of nitrogens with zero attached hydrogens (tertiary/aromatic N) is 2. The Morgan fingerprint density at radius 1 is 1.16 bits per heavy atom. The smallest absolute Gasteiger partial charge is 0.123 e. The molecule has 25 heavy (non-hydrogen) atoms. The first kappa shape index (κ1) is 19.6. The molecule has 0 saturated heterocycles. The predicted molar refractivity (Wildman–Crippen MR) is 95.0 cm³/mol. The van der Waals surface area contributed by atoms with Crippen molar-refractivity contribution >= 4 is 0 Å². The minimum absolute atomic E-state index is 0.227. The van der Waals surface area contributed by atoms with Crippen LogP contribution in [-0.4, -0.2) is 61.2 Å². The van der Waals surface area contributed by atoms with Gasteiger partial charge in [0.2, 0.25) is 0 Å². The molecule has 1 heterocycles. The summed E-state index contributed by atoms with van der Waals surface area (Å²) >= 11 is 0. The summed E-state index contributed by atoms with van der Waals surface area (Å²) in [5.74, 6) is -0.227. The van der Waals surface area contributed by atoms with E-state index in [1.54, 1.807) is 26.4 Å². The van der Waals surface area contributed by atoms with Gasteiger partial charge < -0.3 is 19.1 Å². The van der Waals surface area contributed by atoms with Gasteiger partial charge in [0.15, 0.2) is 0 Å². The molecule has 1 N–H and O–H groups in total. The highest BCUT2D eigenvalue weighted by atomic mass is 19.1. The van der Waals surface area contributed by atoms with E-state index in [0.717, 1.165) is 17.8 Å². The monoisotopic (exact) mass is 350 g/mol. The highest BCUT2D eigenvalue weighted by Gasteiger charge is 2.14. The predicted octanol–water partition coefficient (Wildman–Crippen LogP) is 2.13. The number of aliphatic hydroxyl groups excluding tert-OH is 1. The number of ether oxygens (including phenoxy) is 2. The van der Waals surface area contributed by atoms with Crippen LogP contribution >= 0.6 is 0 Å². The topological polar surface area (TPSA) is 46.9 Å². The maximum absolute atomic E-state index is 13.1. The molecule has 0 amide bonds. The molecule has 0 saturated carbocycles. The quantitative estimate of drug-likeness (QED) is 0.674. The van der Waals surface area contributed by atoms with Crippen LogP contribution in [-0.2, 0) is 22.6 Å². The molecule has 5 nitrogen and oxygen atoms in total. The van der Waals surface area contributed by atoms with Gasteiger partial charge in [-0.1, -0.05) is 12.1 Å². The molecule has 2 rings (SSSR count). The second-order valence-electron chi connectivity index (χ2n) is 6.09. The zero-order chi connectivity index (χ0) is 18.1. The fourth-order valence-corrected chi connectivity index (χ4v) is 2.76. The van der Waals surface area contributed by atoms with Gasteiger partial charge >= 0.3 is 0 Å². The lowest BCUT2D eigenvalue weighted by Crippen LogP contribution is -2.36. The van der Waals surface area contributed by atoms with E-state index in [4.69, 9.17) is 9.47 Å². The van der Waals surface area contributed by atoms with Gasteiger partial charge in [-0.2, -0.15) is 0 Å². The van der Waals surface area contributed by atoms with Gasteiger partial charge in [0.1, 0.15) is 5.82 Å². The molecule has 0 bridgehead atoms. The molecule has 0 aliphatic carbocycles. The average molecular weight is 350 g/mol. The van der Waals surface area contributed by atoms with Gasteiger partial charge in [0.05, 0.1) is 19.3 Å². The second kappa shape index (κ2) is 10.3. The number of aliphatic hydroxyl groups is 1. The van der Waals surface area contributed by atoms with E-state index >= 15 is 0 Å². The van der Waals surface area contributed by atoms with Gasteiger partial charge in [-0.25, -0.2) is 4.39 Å². The third-order valence-electron chi connectivity index (χ3n) is 4.01. The van der Waals surface area contributed by atoms with E-state index in [2.05, 4.69) is 15.5 Å². The summed E-state index contributed by atoms with van der Waals surface area (Å²) < 4.78 is 25.4. The van der Waals surface area contributed by atoms with Crippen LogP contribution in [0.2, 0.25) is 0 Å². The zero-order valence-electron chi connectivity index (χ0n) is 14.9. The van der Waals surface area contributed by atoms with Gasteiger partial charge in [-0.05, 0) is 29.8 Å². The van der Waals surface area contributed by atoms with Crippen LogP contribution in [0.1, 0.15) is 11.3 Å². The first-order chi connectivity index (χ1) is 12.1. The summed E-state index contributed by atoms with van der Waals surface area (Å²) in [5, 5.41) is 10.0. The largest absolute Gasteiger partial charge is 0.389 e. The Hall–Kier alpha value is -1.73. The van der Waals surface area contributed by atoms with Crippen molar-refractivity contribution in [2.45, 2.75) is 19.2 Å². The van der Waals surface area contributed by atoms with Crippen LogP contribution in [0.25, 0.3) is 0 Å². The molecular weight excluding hydrogens is 323 g/mol. The Labute approximate surface area is 148 Å². The Bertz CT molecular complexity index is 615. The van der Waals surface area contributed by atoms with Crippen LogP contribution in [0.3, 0.4) is 0 Å². The second-order valence-corrected chi connectivity index (χ2v) is 6.09. The first-order valence-corrected chi connectivity index (χ1v) is 8.39. The van der Waals surface area contributed by atoms with E-state index in [0.29, 0.717) is 32.8 Å². The molecule has 1 aromatic heterocycles. The molecule has 2 aromatic rings. The van der Waals surface area contributed by atoms with E-state index in [1.165, 1.54) is 12.1 Å². The number of halogens is 1. The maximum atomic E-state index is 13.1. The van der Waals surface area contributed by atoms with E-state index in [9.17, 15) is 9.50 Å². The van der Waals surface area contributed by atoms with Crippen molar-refractivity contribution in [2.75, 3.05) is 40.5 Å². The lowest BCUT2D eigenvalue weighted by molar-refractivity contribution is 0.0288. The van der Waals surface area contributed by atoms with Gasteiger partial charge in [0, 0.05) is 52.3 Å². The summed E-state index contributed by atoms with van der Waals surface area (Å²) in [4.78, 5) is 2.14. The normalized spacial score (nSPS) is 12.7. The number of benzene rings is 1. The van der Waals surface area contributed by atoms with Crippen molar-refractivity contribution in [3.05, 3.63) is 59.7 Å². The minimum Gasteiger partial charge on any atom is -0.389 e. The van der Waals surface area contributed by atoms with Crippen LogP contribution in [0.4, 0.5) is 4.39 Å². The summed E-state index contributed by atoms with van der Waals surface area (Å²) in [5.41, 5.74) is 2.17. The molecule has 0 aliphatic rings. The zero-order valence-corrected chi connectivity index (χ0v) is 14.9. The highest BCUT2D eigenvalue weighted by Crippen LogP contribution is 2.12. The molecule has 1 unspecified atom stereocenters. The molecular formula is C19H27FN2O3. The number of aromatic nitrogens is 1. The molecule has 0 fully saturated rings.